The molecule has 0 saturated heterocycles. The van der Waals surface area contributed by atoms with Crippen LogP contribution in [0.1, 0.15) is 52.2 Å². The standard InChI is InChI=1S/C17H24O2/c1-6-14(12-19-13(2)18)10-15-8-7-9-16(11-15)17(3,4)5/h7-11H,6,12H2,1-5H3. The summed E-state index contributed by atoms with van der Waals surface area (Å²) in [4.78, 5) is 10.9. The quantitative estimate of drug-likeness (QED) is 0.753. The Morgan fingerprint density at radius 1 is 1.32 bits per heavy atom. The predicted octanol–water partition coefficient (Wildman–Crippen LogP) is 4.34. The smallest absolute Gasteiger partial charge is 0.302 e. The molecule has 2 nitrogen and oxygen atoms in total. The number of carbonyl (C=O) groups is 1. The molecule has 0 radical (unpaired) electrons. The molecule has 1 rings (SSSR count). The summed E-state index contributed by atoms with van der Waals surface area (Å²) in [6.07, 6.45) is 2.99. The molecule has 0 spiro atoms. The molecule has 19 heavy (non-hydrogen) atoms. The molecule has 1 aromatic carbocycles. The van der Waals surface area contributed by atoms with Crippen molar-refractivity contribution in [2.24, 2.45) is 0 Å². The molecule has 0 aliphatic rings. The van der Waals surface area contributed by atoms with E-state index in [4.69, 9.17) is 4.74 Å². The van der Waals surface area contributed by atoms with Gasteiger partial charge in [-0.25, -0.2) is 0 Å². The fourth-order valence-electron chi connectivity index (χ4n) is 1.77. The summed E-state index contributed by atoms with van der Waals surface area (Å²) in [6.45, 7) is 10.5. The maximum Gasteiger partial charge on any atom is 0.302 e. The summed E-state index contributed by atoms with van der Waals surface area (Å²) in [5, 5.41) is 0. The van der Waals surface area contributed by atoms with Gasteiger partial charge in [0.05, 0.1) is 0 Å². The van der Waals surface area contributed by atoms with Gasteiger partial charge in [-0.05, 0) is 28.5 Å². The molecule has 0 bridgehead atoms. The molecule has 0 fully saturated rings. The van der Waals surface area contributed by atoms with Crippen LogP contribution in [0.25, 0.3) is 6.08 Å². The molecule has 0 atom stereocenters. The Morgan fingerprint density at radius 3 is 2.53 bits per heavy atom. The first-order valence-electron chi connectivity index (χ1n) is 6.76. The van der Waals surface area contributed by atoms with Crippen LogP contribution in [0.5, 0.6) is 0 Å². The minimum absolute atomic E-state index is 0.145. The minimum Gasteiger partial charge on any atom is -0.461 e. The Morgan fingerprint density at radius 2 is 2.00 bits per heavy atom. The van der Waals surface area contributed by atoms with Crippen LogP contribution in [0.3, 0.4) is 0 Å². The first-order chi connectivity index (χ1) is 8.82. The number of benzene rings is 1. The van der Waals surface area contributed by atoms with E-state index in [1.807, 2.05) is 0 Å². The summed E-state index contributed by atoms with van der Waals surface area (Å²) in [7, 11) is 0. The van der Waals surface area contributed by atoms with Gasteiger partial charge >= 0.3 is 5.97 Å². The van der Waals surface area contributed by atoms with Gasteiger partial charge in [-0.2, -0.15) is 0 Å². The van der Waals surface area contributed by atoms with Gasteiger partial charge in [-0.15, -0.1) is 0 Å². The summed E-state index contributed by atoms with van der Waals surface area (Å²) >= 11 is 0. The SMILES string of the molecule is CCC(=Cc1cccc(C(C)(C)C)c1)COC(C)=O. The second-order valence-electron chi connectivity index (χ2n) is 5.81. The van der Waals surface area contributed by atoms with E-state index in [0.717, 1.165) is 17.6 Å². The number of ether oxygens (including phenoxy) is 1. The lowest BCUT2D eigenvalue weighted by Crippen LogP contribution is -2.10. The molecular weight excluding hydrogens is 236 g/mol. The van der Waals surface area contributed by atoms with Crippen molar-refractivity contribution in [3.05, 3.63) is 41.0 Å². The van der Waals surface area contributed by atoms with Gasteiger partial charge in [0.1, 0.15) is 6.61 Å². The Bertz CT molecular complexity index is 464. The minimum atomic E-state index is -0.234. The van der Waals surface area contributed by atoms with Crippen LogP contribution >= 0.6 is 0 Å². The lowest BCUT2D eigenvalue weighted by atomic mass is 9.86. The van der Waals surface area contributed by atoms with E-state index >= 15 is 0 Å². The average molecular weight is 260 g/mol. The average Bonchev–Trinajstić information content (AvgIpc) is 2.33. The molecule has 0 aliphatic heterocycles. The molecule has 104 valence electrons. The fourth-order valence-corrected chi connectivity index (χ4v) is 1.77. The number of rotatable bonds is 4. The molecule has 0 unspecified atom stereocenters. The monoisotopic (exact) mass is 260 g/mol. The first kappa shape index (κ1) is 15.5. The zero-order chi connectivity index (χ0) is 14.5. The third kappa shape index (κ3) is 5.29. The van der Waals surface area contributed by atoms with Crippen LogP contribution in [-0.2, 0) is 14.9 Å². The number of carbonyl (C=O) groups excluding carboxylic acids is 1. The van der Waals surface area contributed by atoms with Gasteiger partial charge in [-0.3, -0.25) is 4.79 Å². The highest BCUT2D eigenvalue weighted by Gasteiger charge is 2.13. The van der Waals surface area contributed by atoms with E-state index in [-0.39, 0.29) is 11.4 Å². The van der Waals surface area contributed by atoms with Crippen molar-refractivity contribution in [1.82, 2.24) is 0 Å². The van der Waals surface area contributed by atoms with Gasteiger partial charge in [0.25, 0.3) is 0 Å². The Labute approximate surface area is 116 Å². The van der Waals surface area contributed by atoms with Gasteiger partial charge in [-0.1, -0.05) is 58.0 Å². The van der Waals surface area contributed by atoms with E-state index < -0.39 is 0 Å². The van der Waals surface area contributed by atoms with Crippen molar-refractivity contribution in [3.8, 4) is 0 Å². The van der Waals surface area contributed by atoms with E-state index in [1.54, 1.807) is 0 Å². The van der Waals surface area contributed by atoms with Gasteiger partial charge in [0.2, 0.25) is 0 Å². The molecule has 0 aromatic heterocycles. The van der Waals surface area contributed by atoms with Crippen LogP contribution < -0.4 is 0 Å². The topological polar surface area (TPSA) is 26.3 Å². The normalized spacial score (nSPS) is 12.4. The molecule has 0 saturated carbocycles. The summed E-state index contributed by atoms with van der Waals surface area (Å²) < 4.78 is 5.06. The highest BCUT2D eigenvalue weighted by Crippen LogP contribution is 2.23. The highest BCUT2D eigenvalue weighted by molar-refractivity contribution is 5.66. The molecule has 0 N–H and O–H groups in total. The number of hydrogen-bond donors (Lipinski definition) is 0. The van der Waals surface area contributed by atoms with Crippen molar-refractivity contribution >= 4 is 12.0 Å². The van der Waals surface area contributed by atoms with E-state index in [1.165, 1.54) is 12.5 Å². The maximum atomic E-state index is 10.9. The fraction of sp³-hybridized carbons (Fsp3) is 0.471. The van der Waals surface area contributed by atoms with Crippen LogP contribution in [0.4, 0.5) is 0 Å². The van der Waals surface area contributed by atoms with Crippen molar-refractivity contribution in [2.75, 3.05) is 6.61 Å². The molecule has 0 heterocycles. The Balaban J connectivity index is 2.92. The van der Waals surface area contributed by atoms with E-state index in [9.17, 15) is 4.79 Å². The first-order valence-corrected chi connectivity index (χ1v) is 6.76. The molecular formula is C17H24O2. The molecule has 2 heteroatoms. The van der Waals surface area contributed by atoms with Crippen molar-refractivity contribution in [3.63, 3.8) is 0 Å². The lowest BCUT2D eigenvalue weighted by Gasteiger charge is -2.19. The third-order valence-electron chi connectivity index (χ3n) is 3.04. The van der Waals surface area contributed by atoms with Gasteiger partial charge < -0.3 is 4.74 Å². The van der Waals surface area contributed by atoms with E-state index in [0.29, 0.717) is 6.61 Å². The predicted molar refractivity (Wildman–Crippen MR) is 80.0 cm³/mol. The largest absolute Gasteiger partial charge is 0.461 e. The van der Waals surface area contributed by atoms with Crippen LogP contribution in [0.15, 0.2) is 29.8 Å². The molecule has 1 aromatic rings. The van der Waals surface area contributed by atoms with Crippen LogP contribution in [0.2, 0.25) is 0 Å². The van der Waals surface area contributed by atoms with Crippen molar-refractivity contribution in [1.29, 1.82) is 0 Å². The zero-order valence-electron chi connectivity index (χ0n) is 12.6. The van der Waals surface area contributed by atoms with Gasteiger partial charge in [0.15, 0.2) is 0 Å². The highest BCUT2D eigenvalue weighted by atomic mass is 16.5. The van der Waals surface area contributed by atoms with Crippen LogP contribution in [0, 0.1) is 0 Å². The summed E-state index contributed by atoms with van der Waals surface area (Å²) in [5.74, 6) is -0.234. The number of esters is 1. The maximum absolute atomic E-state index is 10.9. The Kier molecular flexibility index (Phi) is 5.34. The molecule has 0 amide bonds. The van der Waals surface area contributed by atoms with Crippen molar-refractivity contribution < 1.29 is 9.53 Å². The second-order valence-corrected chi connectivity index (χ2v) is 5.81. The summed E-state index contributed by atoms with van der Waals surface area (Å²) in [5.41, 5.74) is 3.74. The van der Waals surface area contributed by atoms with Crippen molar-refractivity contribution in [2.45, 2.75) is 46.5 Å². The van der Waals surface area contributed by atoms with Crippen LogP contribution in [-0.4, -0.2) is 12.6 Å². The third-order valence-corrected chi connectivity index (χ3v) is 3.04. The van der Waals surface area contributed by atoms with Gasteiger partial charge in [0, 0.05) is 6.92 Å². The van der Waals surface area contributed by atoms with E-state index in [2.05, 4.69) is 58.0 Å². The lowest BCUT2D eigenvalue weighted by molar-refractivity contribution is -0.139. The number of hydrogen-bond acceptors (Lipinski definition) is 2. The molecule has 0 aliphatic carbocycles. The zero-order valence-corrected chi connectivity index (χ0v) is 12.6. The Hall–Kier alpha value is -1.57. The second kappa shape index (κ2) is 6.55. The summed E-state index contributed by atoms with van der Waals surface area (Å²) in [6, 6.07) is 8.50.